The fraction of sp³-hybridized carbons (Fsp3) is 0.571. The Hall–Kier alpha value is -3.78. The van der Waals surface area contributed by atoms with Gasteiger partial charge in [0.2, 0.25) is 0 Å². The Morgan fingerprint density at radius 3 is 1.07 bits per heavy atom. The summed E-state index contributed by atoms with van der Waals surface area (Å²) in [6.45, 7) is 16.7. The SMILES string of the molecule is C=C(C)C(=O)OCCOCCOCCOCCOc1ccc(C2(c3ccc(OCCOCCOCCOCCOC(=O)C(=C)C)cc3)CCCCC2)cc1. The summed E-state index contributed by atoms with van der Waals surface area (Å²) in [7, 11) is 0. The van der Waals surface area contributed by atoms with E-state index in [4.69, 9.17) is 47.4 Å². The van der Waals surface area contributed by atoms with E-state index in [1.165, 1.54) is 30.4 Å². The third-order valence-corrected chi connectivity index (χ3v) is 8.62. The summed E-state index contributed by atoms with van der Waals surface area (Å²) >= 11 is 0. The smallest absolute Gasteiger partial charge is 0.333 e. The molecule has 300 valence electrons. The van der Waals surface area contributed by atoms with Gasteiger partial charge in [0, 0.05) is 16.6 Å². The van der Waals surface area contributed by atoms with Crippen LogP contribution in [0.25, 0.3) is 0 Å². The fourth-order valence-electron chi connectivity index (χ4n) is 5.79. The number of hydrogen-bond donors (Lipinski definition) is 0. The van der Waals surface area contributed by atoms with Crippen LogP contribution in [-0.4, -0.2) is 118 Å². The molecule has 3 rings (SSSR count). The quantitative estimate of drug-likeness (QED) is 0.0525. The van der Waals surface area contributed by atoms with Crippen LogP contribution in [0.15, 0.2) is 72.8 Å². The summed E-state index contributed by atoms with van der Waals surface area (Å²) in [5.41, 5.74) is 3.32. The minimum absolute atomic E-state index is 0.0352. The standard InChI is InChI=1S/C42H60O12/c1-34(2)40(43)53-32-28-49-24-20-45-18-22-47-26-30-51-38-12-8-36(9-13-38)42(16-6-5-7-17-42)37-10-14-39(15-11-37)52-31-27-48-23-19-46-21-25-50-29-33-54-41(44)35(3)4/h8-15H,1,3,5-7,16-33H2,2,4H3. The van der Waals surface area contributed by atoms with E-state index in [9.17, 15) is 9.59 Å². The number of rotatable bonds is 30. The second-order valence-electron chi connectivity index (χ2n) is 12.9. The molecule has 2 aromatic carbocycles. The lowest BCUT2D eigenvalue weighted by Gasteiger charge is -2.38. The van der Waals surface area contributed by atoms with E-state index in [0.29, 0.717) is 104 Å². The number of ether oxygens (including phenoxy) is 10. The van der Waals surface area contributed by atoms with Gasteiger partial charge in [-0.25, -0.2) is 9.59 Å². The van der Waals surface area contributed by atoms with E-state index in [2.05, 4.69) is 61.7 Å². The van der Waals surface area contributed by atoms with Crippen molar-refractivity contribution in [3.63, 3.8) is 0 Å². The van der Waals surface area contributed by atoms with Gasteiger partial charge in [-0.2, -0.15) is 0 Å². The van der Waals surface area contributed by atoms with Crippen molar-refractivity contribution in [3.8, 4) is 11.5 Å². The van der Waals surface area contributed by atoms with E-state index in [1.807, 2.05) is 0 Å². The van der Waals surface area contributed by atoms with Gasteiger partial charge in [0.1, 0.15) is 37.9 Å². The molecule has 0 amide bonds. The Bertz CT molecular complexity index is 1250. The third kappa shape index (κ3) is 17.6. The zero-order valence-electron chi connectivity index (χ0n) is 32.3. The van der Waals surface area contributed by atoms with E-state index >= 15 is 0 Å². The molecule has 0 bridgehead atoms. The van der Waals surface area contributed by atoms with Gasteiger partial charge in [0.05, 0.1) is 79.3 Å². The summed E-state index contributed by atoms with van der Waals surface area (Å²) < 4.78 is 54.8. The number of hydrogen-bond acceptors (Lipinski definition) is 12. The topological polar surface area (TPSA) is 126 Å². The summed E-state index contributed by atoms with van der Waals surface area (Å²) in [6.07, 6.45) is 5.85. The van der Waals surface area contributed by atoms with Crippen molar-refractivity contribution in [3.05, 3.63) is 84.0 Å². The Balaban J connectivity index is 1.26. The molecule has 1 aliphatic carbocycles. The lowest BCUT2D eigenvalue weighted by Crippen LogP contribution is -2.30. The molecule has 0 spiro atoms. The van der Waals surface area contributed by atoms with Gasteiger partial charge in [-0.15, -0.1) is 0 Å². The van der Waals surface area contributed by atoms with Gasteiger partial charge in [-0.1, -0.05) is 56.7 Å². The molecule has 0 aliphatic heterocycles. The molecule has 0 saturated heterocycles. The molecule has 0 aromatic heterocycles. The average Bonchev–Trinajstić information content (AvgIpc) is 3.18. The maximum atomic E-state index is 11.3. The number of carbonyl (C=O) groups excluding carboxylic acids is 2. The van der Waals surface area contributed by atoms with Crippen LogP contribution in [0.4, 0.5) is 0 Å². The Labute approximate surface area is 321 Å². The van der Waals surface area contributed by atoms with Crippen LogP contribution in [0.5, 0.6) is 11.5 Å². The van der Waals surface area contributed by atoms with E-state index in [0.717, 1.165) is 24.3 Å². The zero-order valence-corrected chi connectivity index (χ0v) is 32.3. The van der Waals surface area contributed by atoms with Gasteiger partial charge in [-0.3, -0.25) is 0 Å². The van der Waals surface area contributed by atoms with E-state index in [1.54, 1.807) is 13.8 Å². The minimum Gasteiger partial charge on any atom is -0.491 e. The third-order valence-electron chi connectivity index (χ3n) is 8.62. The van der Waals surface area contributed by atoms with Crippen LogP contribution in [0, 0.1) is 0 Å². The molecule has 0 unspecified atom stereocenters. The molecule has 12 nitrogen and oxygen atoms in total. The molecule has 1 aliphatic rings. The maximum Gasteiger partial charge on any atom is 0.333 e. The van der Waals surface area contributed by atoms with Crippen LogP contribution >= 0.6 is 0 Å². The second-order valence-corrected chi connectivity index (χ2v) is 12.9. The Morgan fingerprint density at radius 1 is 0.463 bits per heavy atom. The first-order valence-corrected chi connectivity index (χ1v) is 18.9. The van der Waals surface area contributed by atoms with Crippen molar-refractivity contribution in [2.75, 3.05) is 106 Å². The van der Waals surface area contributed by atoms with E-state index in [-0.39, 0.29) is 18.6 Å². The normalized spacial score (nSPS) is 13.6. The summed E-state index contributed by atoms with van der Waals surface area (Å²) in [6, 6.07) is 17.0. The van der Waals surface area contributed by atoms with Crippen molar-refractivity contribution >= 4 is 11.9 Å². The number of esters is 2. The molecule has 0 N–H and O–H groups in total. The molecule has 0 radical (unpaired) electrons. The molecule has 1 saturated carbocycles. The molecule has 12 heteroatoms. The lowest BCUT2D eigenvalue weighted by atomic mass is 9.65. The Morgan fingerprint density at radius 2 is 0.759 bits per heavy atom. The van der Waals surface area contributed by atoms with Crippen LogP contribution in [0.1, 0.15) is 57.1 Å². The fourth-order valence-corrected chi connectivity index (χ4v) is 5.79. The van der Waals surface area contributed by atoms with Crippen molar-refractivity contribution < 1.29 is 57.0 Å². The minimum atomic E-state index is -0.413. The van der Waals surface area contributed by atoms with Gasteiger partial charge in [0.25, 0.3) is 0 Å². The van der Waals surface area contributed by atoms with Crippen LogP contribution in [0.3, 0.4) is 0 Å². The molecule has 0 atom stereocenters. The molecular weight excluding hydrogens is 696 g/mol. The molecule has 0 heterocycles. The molecule has 54 heavy (non-hydrogen) atoms. The lowest BCUT2D eigenvalue weighted by molar-refractivity contribution is -0.141. The van der Waals surface area contributed by atoms with Crippen LogP contribution < -0.4 is 9.47 Å². The largest absolute Gasteiger partial charge is 0.491 e. The van der Waals surface area contributed by atoms with Crippen molar-refractivity contribution in [2.45, 2.75) is 51.4 Å². The molecular formula is C42H60O12. The highest BCUT2D eigenvalue weighted by Crippen LogP contribution is 2.45. The van der Waals surface area contributed by atoms with Crippen molar-refractivity contribution in [1.82, 2.24) is 0 Å². The highest BCUT2D eigenvalue weighted by molar-refractivity contribution is 5.87. The molecule has 2 aromatic rings. The summed E-state index contributed by atoms with van der Waals surface area (Å²) in [4.78, 5) is 22.6. The maximum absolute atomic E-state index is 11.3. The van der Waals surface area contributed by atoms with Gasteiger partial charge in [0.15, 0.2) is 0 Å². The predicted molar refractivity (Wildman–Crippen MR) is 204 cm³/mol. The van der Waals surface area contributed by atoms with Crippen molar-refractivity contribution in [1.29, 1.82) is 0 Å². The first kappa shape index (κ1) is 44.6. The Kier molecular flexibility index (Phi) is 22.2. The number of benzene rings is 2. The van der Waals surface area contributed by atoms with Gasteiger partial charge < -0.3 is 47.4 Å². The van der Waals surface area contributed by atoms with E-state index < -0.39 is 11.9 Å². The molecule has 1 fully saturated rings. The van der Waals surface area contributed by atoms with Crippen LogP contribution in [0.2, 0.25) is 0 Å². The predicted octanol–water partition coefficient (Wildman–Crippen LogP) is 6.03. The monoisotopic (exact) mass is 756 g/mol. The van der Waals surface area contributed by atoms with Crippen molar-refractivity contribution in [2.24, 2.45) is 0 Å². The second kappa shape index (κ2) is 26.9. The highest BCUT2D eigenvalue weighted by atomic mass is 16.6. The first-order valence-electron chi connectivity index (χ1n) is 18.9. The highest BCUT2D eigenvalue weighted by Gasteiger charge is 2.35. The average molecular weight is 757 g/mol. The summed E-state index contributed by atoms with van der Waals surface area (Å²) in [5.74, 6) is 0.810. The summed E-state index contributed by atoms with van der Waals surface area (Å²) in [5, 5.41) is 0. The van der Waals surface area contributed by atoms with Gasteiger partial charge >= 0.3 is 11.9 Å². The first-order chi connectivity index (χ1) is 26.3. The number of carbonyl (C=O) groups is 2. The van der Waals surface area contributed by atoms with Crippen LogP contribution in [-0.2, 0) is 52.9 Å². The zero-order chi connectivity index (χ0) is 38.7. The van der Waals surface area contributed by atoms with Gasteiger partial charge in [-0.05, 0) is 62.1 Å².